The monoisotopic (exact) mass is 569 g/mol. The van der Waals surface area contributed by atoms with Gasteiger partial charge in [-0.2, -0.15) is 0 Å². The molecule has 0 aliphatic heterocycles. The summed E-state index contributed by atoms with van der Waals surface area (Å²) in [7, 11) is 1.31. The Morgan fingerprint density at radius 1 is 0.943 bits per heavy atom. The molecule has 35 heavy (non-hydrogen) atoms. The first-order chi connectivity index (χ1) is 16.7. The zero-order chi connectivity index (χ0) is 26.2. The average Bonchev–Trinajstić information content (AvgIpc) is 2.85. The van der Waals surface area contributed by atoms with Gasteiger partial charge in [0.2, 0.25) is 5.91 Å². The van der Waals surface area contributed by atoms with Crippen LogP contribution in [0.1, 0.15) is 102 Å². The van der Waals surface area contributed by atoms with Gasteiger partial charge in [-0.05, 0) is 44.4 Å². The Balaban J connectivity index is 2.49. The van der Waals surface area contributed by atoms with Crippen LogP contribution < -0.4 is 4.90 Å². The topological polar surface area (TPSA) is 63.7 Å². The Morgan fingerprint density at radius 2 is 1.49 bits per heavy atom. The zero-order valence-electron chi connectivity index (χ0n) is 22.3. The number of methoxy groups -OCH3 is 1. The van der Waals surface area contributed by atoms with Gasteiger partial charge < -0.3 is 4.74 Å². The first kappa shape index (κ1) is 31.7. The van der Waals surface area contributed by atoms with E-state index in [1.54, 1.807) is 6.92 Å². The Kier molecular flexibility index (Phi) is 16.3. The number of halogens is 1. The standard InChI is InChI=1S/C28H44BrNO4S/c1-6-7-8-9-10-11-12-13-14-15-16-17-26(32)35-20-25(31)30(23(4)28(33)34-5)27-21(2)18-19-24(29)22(27)3/h18-19,23H,6-17,20H2,1-5H3. The molecule has 0 aromatic heterocycles. The molecule has 0 bridgehead atoms. The molecule has 1 aromatic carbocycles. The minimum Gasteiger partial charge on any atom is -0.467 e. The maximum atomic E-state index is 13.2. The summed E-state index contributed by atoms with van der Waals surface area (Å²) in [5.41, 5.74) is 2.43. The molecule has 1 atom stereocenters. The number of hydrogen-bond acceptors (Lipinski definition) is 5. The summed E-state index contributed by atoms with van der Waals surface area (Å²) < 4.78 is 5.76. The number of anilines is 1. The number of ether oxygens (including phenoxy) is 1. The molecular formula is C28H44BrNO4S. The molecule has 0 heterocycles. The van der Waals surface area contributed by atoms with E-state index in [2.05, 4.69) is 22.9 Å². The van der Waals surface area contributed by atoms with Crippen LogP contribution in [0.5, 0.6) is 0 Å². The lowest BCUT2D eigenvalue weighted by Crippen LogP contribution is -2.45. The third-order valence-corrected chi connectivity index (χ3v) is 8.12. The summed E-state index contributed by atoms with van der Waals surface area (Å²) in [6, 6.07) is 3.04. The number of benzene rings is 1. The molecular weight excluding hydrogens is 526 g/mol. The highest BCUT2D eigenvalue weighted by molar-refractivity contribution is 9.10. The van der Waals surface area contributed by atoms with E-state index >= 15 is 0 Å². The van der Waals surface area contributed by atoms with Crippen molar-refractivity contribution < 1.29 is 19.1 Å². The maximum Gasteiger partial charge on any atom is 0.328 e. The van der Waals surface area contributed by atoms with Gasteiger partial charge in [-0.1, -0.05) is 105 Å². The van der Waals surface area contributed by atoms with Gasteiger partial charge >= 0.3 is 5.97 Å². The molecule has 1 aromatic rings. The van der Waals surface area contributed by atoms with Gasteiger partial charge in [-0.25, -0.2) is 4.79 Å². The molecule has 0 radical (unpaired) electrons. The van der Waals surface area contributed by atoms with Crippen molar-refractivity contribution in [3.8, 4) is 0 Å². The summed E-state index contributed by atoms with van der Waals surface area (Å²) in [5.74, 6) is -0.761. The summed E-state index contributed by atoms with van der Waals surface area (Å²) in [6.07, 6.45) is 14.1. The third kappa shape index (κ3) is 11.5. The van der Waals surface area contributed by atoms with Crippen molar-refractivity contribution >= 4 is 50.4 Å². The van der Waals surface area contributed by atoms with E-state index in [1.807, 2.05) is 26.0 Å². The molecule has 0 aliphatic rings. The number of thioether (sulfide) groups is 1. The highest BCUT2D eigenvalue weighted by Crippen LogP contribution is 2.33. The van der Waals surface area contributed by atoms with Gasteiger partial charge in [0.25, 0.3) is 0 Å². The van der Waals surface area contributed by atoms with E-state index in [-0.39, 0.29) is 16.8 Å². The van der Waals surface area contributed by atoms with E-state index in [4.69, 9.17) is 4.74 Å². The molecule has 0 N–H and O–H groups in total. The zero-order valence-corrected chi connectivity index (χ0v) is 24.7. The lowest BCUT2D eigenvalue weighted by molar-refractivity contribution is -0.142. The number of carbonyl (C=O) groups is 3. The van der Waals surface area contributed by atoms with Crippen molar-refractivity contribution in [3.05, 3.63) is 27.7 Å². The highest BCUT2D eigenvalue weighted by atomic mass is 79.9. The maximum absolute atomic E-state index is 13.2. The second kappa shape index (κ2) is 18.0. The highest BCUT2D eigenvalue weighted by Gasteiger charge is 2.31. The predicted molar refractivity (Wildman–Crippen MR) is 151 cm³/mol. The molecule has 1 amide bonds. The number of hydrogen-bond donors (Lipinski definition) is 0. The lowest BCUT2D eigenvalue weighted by atomic mass is 10.1. The average molecular weight is 571 g/mol. The van der Waals surface area contributed by atoms with Gasteiger partial charge in [0.15, 0.2) is 5.12 Å². The van der Waals surface area contributed by atoms with E-state index in [1.165, 1.54) is 63.4 Å². The molecule has 0 fully saturated rings. The van der Waals surface area contributed by atoms with Crippen LogP contribution in [0.25, 0.3) is 0 Å². The van der Waals surface area contributed by atoms with Gasteiger partial charge in [0.1, 0.15) is 6.04 Å². The van der Waals surface area contributed by atoms with E-state index in [0.29, 0.717) is 12.1 Å². The van der Waals surface area contributed by atoms with Crippen molar-refractivity contribution in [2.45, 2.75) is 111 Å². The molecule has 0 saturated carbocycles. The Morgan fingerprint density at radius 3 is 2.03 bits per heavy atom. The fourth-order valence-electron chi connectivity index (χ4n) is 4.21. The number of amides is 1. The number of aryl methyl sites for hydroxylation is 1. The Hall–Kier alpha value is -1.34. The van der Waals surface area contributed by atoms with Crippen LogP contribution >= 0.6 is 27.7 Å². The summed E-state index contributed by atoms with van der Waals surface area (Å²) in [6.45, 7) is 7.71. The normalized spacial score (nSPS) is 11.8. The van der Waals surface area contributed by atoms with Crippen LogP contribution in [-0.2, 0) is 19.1 Å². The Bertz CT molecular complexity index is 814. The van der Waals surface area contributed by atoms with Crippen molar-refractivity contribution in [1.82, 2.24) is 0 Å². The van der Waals surface area contributed by atoms with Gasteiger partial charge in [0.05, 0.1) is 18.6 Å². The van der Waals surface area contributed by atoms with Crippen molar-refractivity contribution in [1.29, 1.82) is 0 Å². The minimum absolute atomic E-state index is 0.00356. The quantitative estimate of drug-likeness (QED) is 0.141. The fourth-order valence-corrected chi connectivity index (χ4v) is 5.24. The van der Waals surface area contributed by atoms with Crippen molar-refractivity contribution in [3.63, 3.8) is 0 Å². The smallest absolute Gasteiger partial charge is 0.328 e. The molecule has 0 saturated heterocycles. The second-order valence-corrected chi connectivity index (χ2v) is 11.1. The summed E-state index contributed by atoms with van der Waals surface area (Å²) in [4.78, 5) is 39.4. The van der Waals surface area contributed by atoms with Crippen LogP contribution in [0.3, 0.4) is 0 Å². The minimum atomic E-state index is -0.790. The van der Waals surface area contributed by atoms with Crippen molar-refractivity contribution in [2.75, 3.05) is 17.8 Å². The van der Waals surface area contributed by atoms with E-state index in [0.717, 1.165) is 46.6 Å². The summed E-state index contributed by atoms with van der Waals surface area (Å²) in [5, 5.41) is 0.0302. The van der Waals surface area contributed by atoms with Gasteiger partial charge in [0, 0.05) is 10.9 Å². The molecule has 0 aliphatic carbocycles. The number of carbonyl (C=O) groups excluding carboxylic acids is 3. The fraction of sp³-hybridized carbons (Fsp3) is 0.679. The van der Waals surface area contributed by atoms with E-state index < -0.39 is 12.0 Å². The molecule has 0 spiro atoms. The van der Waals surface area contributed by atoms with Crippen molar-refractivity contribution in [2.24, 2.45) is 0 Å². The number of esters is 1. The number of nitrogens with zero attached hydrogens (tertiary/aromatic N) is 1. The second-order valence-electron chi connectivity index (χ2n) is 9.25. The summed E-state index contributed by atoms with van der Waals surface area (Å²) >= 11 is 4.56. The van der Waals surface area contributed by atoms with Gasteiger partial charge in [-0.15, -0.1) is 0 Å². The van der Waals surface area contributed by atoms with Crippen LogP contribution in [-0.4, -0.2) is 35.9 Å². The van der Waals surface area contributed by atoms with Crippen LogP contribution in [0.4, 0.5) is 5.69 Å². The molecule has 1 unspecified atom stereocenters. The molecule has 198 valence electrons. The lowest BCUT2D eigenvalue weighted by Gasteiger charge is -2.30. The van der Waals surface area contributed by atoms with Crippen LogP contribution in [0.2, 0.25) is 0 Å². The molecule has 1 rings (SSSR count). The Labute approximate surface area is 225 Å². The predicted octanol–water partition coefficient (Wildman–Crippen LogP) is 7.92. The largest absolute Gasteiger partial charge is 0.467 e. The number of unbranched alkanes of at least 4 members (excludes halogenated alkanes) is 10. The first-order valence-electron chi connectivity index (χ1n) is 13.1. The molecule has 7 heteroatoms. The molecule has 5 nitrogen and oxygen atoms in total. The van der Waals surface area contributed by atoms with E-state index in [9.17, 15) is 14.4 Å². The SMILES string of the molecule is CCCCCCCCCCCCCC(=O)SCC(=O)N(c1c(C)ccc(Br)c1C)C(C)C(=O)OC. The van der Waals surface area contributed by atoms with Gasteiger partial charge in [-0.3, -0.25) is 14.5 Å². The van der Waals surface area contributed by atoms with Crippen LogP contribution in [0.15, 0.2) is 16.6 Å². The van der Waals surface area contributed by atoms with Crippen LogP contribution in [0, 0.1) is 13.8 Å². The third-order valence-electron chi connectivity index (χ3n) is 6.35. The first-order valence-corrected chi connectivity index (χ1v) is 14.8. The number of rotatable bonds is 17.